The highest BCUT2D eigenvalue weighted by molar-refractivity contribution is 7.99. The van der Waals surface area contributed by atoms with Crippen LogP contribution >= 0.6 is 11.8 Å². The van der Waals surface area contributed by atoms with Crippen LogP contribution in [0, 0.1) is 5.41 Å². The molecule has 1 nitrogen and oxygen atoms in total. The Hall–Kier alpha value is 0.310. The molecule has 1 unspecified atom stereocenters. The van der Waals surface area contributed by atoms with Gasteiger partial charge < -0.3 is 5.32 Å². The third-order valence-electron chi connectivity index (χ3n) is 3.27. The van der Waals surface area contributed by atoms with Gasteiger partial charge in [0.15, 0.2) is 0 Å². The van der Waals surface area contributed by atoms with E-state index in [4.69, 9.17) is 0 Å². The lowest BCUT2D eigenvalue weighted by Crippen LogP contribution is -2.35. The van der Waals surface area contributed by atoms with Crippen LogP contribution < -0.4 is 5.32 Å². The Balaban J connectivity index is 2.21. The Morgan fingerprint density at radius 3 is 2.54 bits per heavy atom. The highest BCUT2D eigenvalue weighted by Crippen LogP contribution is 2.52. The van der Waals surface area contributed by atoms with Gasteiger partial charge >= 0.3 is 0 Å². The molecule has 1 aliphatic carbocycles. The van der Waals surface area contributed by atoms with Gasteiger partial charge in [-0.1, -0.05) is 13.8 Å². The van der Waals surface area contributed by atoms with Crippen molar-refractivity contribution in [2.45, 2.75) is 46.1 Å². The minimum absolute atomic E-state index is 0.679. The van der Waals surface area contributed by atoms with E-state index >= 15 is 0 Å². The summed E-state index contributed by atoms with van der Waals surface area (Å²) in [5.74, 6) is 2.62. The van der Waals surface area contributed by atoms with Crippen molar-refractivity contribution in [2.75, 3.05) is 18.1 Å². The van der Waals surface area contributed by atoms with Crippen LogP contribution in [0.1, 0.15) is 40.0 Å². The molecule has 1 saturated carbocycles. The van der Waals surface area contributed by atoms with E-state index in [1.54, 1.807) is 0 Å². The van der Waals surface area contributed by atoms with Gasteiger partial charge in [0.1, 0.15) is 0 Å². The fourth-order valence-electron chi connectivity index (χ4n) is 2.00. The summed E-state index contributed by atoms with van der Waals surface area (Å²) < 4.78 is 0. The van der Waals surface area contributed by atoms with Gasteiger partial charge in [0.25, 0.3) is 0 Å². The fraction of sp³-hybridized carbons (Fsp3) is 1.00. The predicted octanol–water partition coefficient (Wildman–Crippen LogP) is 2.91. The Labute approximate surface area is 87.1 Å². The lowest BCUT2D eigenvalue weighted by Gasteiger charge is -2.23. The molecule has 0 spiro atoms. The molecule has 2 heteroatoms. The summed E-state index contributed by atoms with van der Waals surface area (Å²) in [6.45, 7) is 7.92. The maximum Gasteiger partial charge on any atom is 0.00953 e. The molecule has 0 aromatic rings. The monoisotopic (exact) mass is 201 g/mol. The quantitative estimate of drug-likeness (QED) is 0.636. The van der Waals surface area contributed by atoms with Crippen molar-refractivity contribution >= 4 is 11.8 Å². The van der Waals surface area contributed by atoms with Crippen molar-refractivity contribution in [3.8, 4) is 0 Å². The molecule has 1 N–H and O–H groups in total. The van der Waals surface area contributed by atoms with E-state index in [9.17, 15) is 0 Å². The maximum absolute atomic E-state index is 3.57. The van der Waals surface area contributed by atoms with Crippen LogP contribution in [0.15, 0.2) is 0 Å². The van der Waals surface area contributed by atoms with E-state index in [-0.39, 0.29) is 0 Å². The minimum Gasteiger partial charge on any atom is -0.314 e. The molecule has 1 rings (SSSR count). The summed E-state index contributed by atoms with van der Waals surface area (Å²) in [4.78, 5) is 0. The van der Waals surface area contributed by atoms with Crippen LogP contribution in [0.2, 0.25) is 0 Å². The normalized spacial score (nSPS) is 21.5. The smallest absolute Gasteiger partial charge is 0.00953 e. The zero-order valence-electron chi connectivity index (χ0n) is 9.23. The summed E-state index contributed by atoms with van der Waals surface area (Å²) in [5, 5.41) is 3.57. The molecule has 1 atom stereocenters. The zero-order valence-corrected chi connectivity index (χ0v) is 10.0. The summed E-state index contributed by atoms with van der Waals surface area (Å²) >= 11 is 2.08. The second-order valence-corrected chi connectivity index (χ2v) is 5.48. The van der Waals surface area contributed by atoms with E-state index in [0.29, 0.717) is 5.41 Å². The lowest BCUT2D eigenvalue weighted by molar-refractivity contribution is 0.350. The molecule has 1 aliphatic rings. The Morgan fingerprint density at radius 2 is 2.08 bits per heavy atom. The van der Waals surface area contributed by atoms with Crippen molar-refractivity contribution in [1.29, 1.82) is 0 Å². The average molecular weight is 201 g/mol. The first-order chi connectivity index (χ1) is 6.25. The minimum atomic E-state index is 0.679. The first kappa shape index (κ1) is 11.4. The second kappa shape index (κ2) is 5.26. The van der Waals surface area contributed by atoms with Crippen molar-refractivity contribution in [1.82, 2.24) is 5.32 Å². The van der Waals surface area contributed by atoms with Gasteiger partial charge in [0.05, 0.1) is 0 Å². The highest BCUT2D eigenvalue weighted by Gasteiger charge is 2.46. The van der Waals surface area contributed by atoms with Gasteiger partial charge in [-0.25, -0.2) is 0 Å². The van der Waals surface area contributed by atoms with Crippen molar-refractivity contribution in [3.05, 3.63) is 0 Å². The Bertz CT molecular complexity index is 143. The molecule has 0 amide bonds. The van der Waals surface area contributed by atoms with Gasteiger partial charge in [-0.15, -0.1) is 0 Å². The van der Waals surface area contributed by atoms with Gasteiger partial charge in [0.2, 0.25) is 0 Å². The van der Waals surface area contributed by atoms with E-state index < -0.39 is 0 Å². The maximum atomic E-state index is 3.57. The van der Waals surface area contributed by atoms with Crippen LogP contribution in [-0.4, -0.2) is 24.1 Å². The fourth-order valence-corrected chi connectivity index (χ4v) is 2.84. The average Bonchev–Trinajstić information content (AvgIpc) is 2.87. The van der Waals surface area contributed by atoms with Crippen molar-refractivity contribution < 1.29 is 0 Å². The number of thioether (sulfide) groups is 1. The summed E-state index contributed by atoms with van der Waals surface area (Å²) in [6, 6.07) is 0.731. The summed E-state index contributed by atoms with van der Waals surface area (Å²) in [5.41, 5.74) is 0.679. The highest BCUT2D eigenvalue weighted by atomic mass is 32.2. The lowest BCUT2D eigenvalue weighted by atomic mass is 9.95. The van der Waals surface area contributed by atoms with Crippen LogP contribution in [0.25, 0.3) is 0 Å². The molecule has 0 aliphatic heterocycles. The topological polar surface area (TPSA) is 12.0 Å². The van der Waals surface area contributed by atoms with Crippen LogP contribution in [0.5, 0.6) is 0 Å². The second-order valence-electron chi connectivity index (χ2n) is 4.09. The van der Waals surface area contributed by atoms with E-state index in [1.807, 2.05) is 0 Å². The Morgan fingerprint density at radius 1 is 1.38 bits per heavy atom. The van der Waals surface area contributed by atoms with Crippen LogP contribution in [0.4, 0.5) is 0 Å². The first-order valence-corrected chi connectivity index (χ1v) is 6.72. The third kappa shape index (κ3) is 3.17. The summed E-state index contributed by atoms with van der Waals surface area (Å²) in [7, 11) is 0. The molecule has 13 heavy (non-hydrogen) atoms. The van der Waals surface area contributed by atoms with Gasteiger partial charge in [0, 0.05) is 6.04 Å². The molecule has 0 heterocycles. The largest absolute Gasteiger partial charge is 0.314 e. The SMILES string of the molecule is CCNC(C)C1(CCSCC)CC1. The molecule has 0 saturated heterocycles. The van der Waals surface area contributed by atoms with Gasteiger partial charge in [-0.2, -0.15) is 11.8 Å². The Kier molecular flexibility index (Phi) is 4.60. The third-order valence-corrected chi connectivity index (χ3v) is 4.17. The summed E-state index contributed by atoms with van der Waals surface area (Å²) in [6.07, 6.45) is 4.32. The molecular weight excluding hydrogens is 178 g/mol. The number of hydrogen-bond acceptors (Lipinski definition) is 2. The number of nitrogens with one attached hydrogen (secondary N) is 1. The molecular formula is C11H23NS. The molecule has 1 fully saturated rings. The van der Waals surface area contributed by atoms with Crippen LogP contribution in [0.3, 0.4) is 0 Å². The molecule has 0 bridgehead atoms. The van der Waals surface area contributed by atoms with Crippen molar-refractivity contribution in [2.24, 2.45) is 5.41 Å². The molecule has 78 valence electrons. The van der Waals surface area contributed by atoms with Gasteiger partial charge in [-0.3, -0.25) is 0 Å². The van der Waals surface area contributed by atoms with Gasteiger partial charge in [-0.05, 0) is 49.7 Å². The van der Waals surface area contributed by atoms with E-state index in [2.05, 4.69) is 37.8 Å². The van der Waals surface area contributed by atoms with Crippen LogP contribution in [-0.2, 0) is 0 Å². The van der Waals surface area contributed by atoms with E-state index in [1.165, 1.54) is 30.8 Å². The standard InChI is InChI=1S/C11H23NS/c1-4-12-10(3)11(6-7-11)8-9-13-5-2/h10,12H,4-9H2,1-3H3. The van der Waals surface area contributed by atoms with Crippen molar-refractivity contribution in [3.63, 3.8) is 0 Å². The zero-order chi connectivity index (χ0) is 9.73. The molecule has 0 aromatic heterocycles. The number of rotatable bonds is 7. The first-order valence-electron chi connectivity index (χ1n) is 5.56. The van der Waals surface area contributed by atoms with E-state index in [0.717, 1.165) is 12.6 Å². The number of hydrogen-bond donors (Lipinski definition) is 1. The molecule has 0 aromatic carbocycles. The predicted molar refractivity (Wildman–Crippen MR) is 62.4 cm³/mol. The molecule has 0 radical (unpaired) electrons.